The van der Waals surface area contributed by atoms with Crippen LogP contribution in [0.5, 0.6) is 0 Å². The summed E-state index contributed by atoms with van der Waals surface area (Å²) in [6.45, 7) is 11.5. The Bertz CT molecular complexity index is 440. The van der Waals surface area contributed by atoms with Gasteiger partial charge >= 0.3 is 0 Å². The van der Waals surface area contributed by atoms with Crippen molar-refractivity contribution in [2.24, 2.45) is 0 Å². The van der Waals surface area contributed by atoms with Crippen molar-refractivity contribution in [3.8, 4) is 0 Å². The topological polar surface area (TPSA) is 47.5 Å². The van der Waals surface area contributed by atoms with Crippen LogP contribution in [0.25, 0.3) is 0 Å². The van der Waals surface area contributed by atoms with Gasteiger partial charge in [0, 0.05) is 57.6 Å². The second-order valence-corrected chi connectivity index (χ2v) is 5.85. The molecule has 1 saturated heterocycles. The Hall–Kier alpha value is -1.40. The largest absolute Gasteiger partial charge is 0.354 e. The molecule has 1 aliphatic rings. The Morgan fingerprint density at radius 2 is 1.90 bits per heavy atom. The number of nitrogens with one attached hydrogen (secondary N) is 1. The van der Waals surface area contributed by atoms with E-state index in [9.17, 15) is 0 Å². The summed E-state index contributed by atoms with van der Waals surface area (Å²) in [4.78, 5) is 16.2. The standard InChI is InChI=1S/C15H28N6/c1-5-16-15-17-13(2)12-14(18-15)21-10-8-20(9-11-21)7-6-19(3)4/h12H,5-11H2,1-4H3,(H,16,17,18). The Morgan fingerprint density at radius 1 is 1.19 bits per heavy atom. The molecule has 0 aliphatic carbocycles. The van der Waals surface area contributed by atoms with Gasteiger partial charge in [0.15, 0.2) is 0 Å². The van der Waals surface area contributed by atoms with Gasteiger partial charge in [-0.25, -0.2) is 4.98 Å². The first kappa shape index (κ1) is 16.0. The minimum absolute atomic E-state index is 0.738. The van der Waals surface area contributed by atoms with Gasteiger partial charge in [0.25, 0.3) is 0 Å². The van der Waals surface area contributed by atoms with Crippen LogP contribution in [0.2, 0.25) is 0 Å². The molecule has 2 rings (SSSR count). The Kier molecular flexibility index (Phi) is 5.76. The van der Waals surface area contributed by atoms with Crippen LogP contribution in [0.4, 0.5) is 11.8 Å². The molecule has 0 bridgehead atoms. The van der Waals surface area contributed by atoms with E-state index in [-0.39, 0.29) is 0 Å². The number of nitrogens with zero attached hydrogens (tertiary/aromatic N) is 5. The summed E-state index contributed by atoms with van der Waals surface area (Å²) in [6, 6.07) is 2.08. The number of hydrogen-bond acceptors (Lipinski definition) is 6. The predicted molar refractivity (Wildman–Crippen MR) is 88.1 cm³/mol. The summed E-state index contributed by atoms with van der Waals surface area (Å²) in [6.07, 6.45) is 0. The number of aromatic nitrogens is 2. The quantitative estimate of drug-likeness (QED) is 0.841. The van der Waals surface area contributed by atoms with Crippen molar-refractivity contribution >= 4 is 11.8 Å². The summed E-state index contributed by atoms with van der Waals surface area (Å²) in [5.74, 6) is 1.79. The molecular formula is C15H28N6. The SMILES string of the molecule is CCNc1nc(C)cc(N2CCN(CCN(C)C)CC2)n1. The molecule has 2 heterocycles. The van der Waals surface area contributed by atoms with Crippen molar-refractivity contribution in [1.29, 1.82) is 0 Å². The van der Waals surface area contributed by atoms with Crippen molar-refractivity contribution in [2.75, 3.05) is 70.1 Å². The first-order chi connectivity index (χ1) is 10.1. The Balaban J connectivity index is 1.92. The maximum absolute atomic E-state index is 4.62. The molecule has 1 N–H and O–H groups in total. The number of anilines is 2. The van der Waals surface area contributed by atoms with Gasteiger partial charge in [0.2, 0.25) is 5.95 Å². The molecule has 0 radical (unpaired) electrons. The second kappa shape index (κ2) is 7.56. The molecule has 1 fully saturated rings. The monoisotopic (exact) mass is 292 g/mol. The lowest BCUT2D eigenvalue weighted by Gasteiger charge is -2.36. The lowest BCUT2D eigenvalue weighted by atomic mass is 10.3. The molecule has 1 aromatic rings. The van der Waals surface area contributed by atoms with Crippen LogP contribution in [0, 0.1) is 6.92 Å². The zero-order valence-electron chi connectivity index (χ0n) is 13.8. The summed E-state index contributed by atoms with van der Waals surface area (Å²) in [5.41, 5.74) is 1.02. The van der Waals surface area contributed by atoms with Gasteiger partial charge in [-0.2, -0.15) is 4.98 Å². The van der Waals surface area contributed by atoms with Gasteiger partial charge in [0.05, 0.1) is 0 Å². The van der Waals surface area contributed by atoms with Crippen molar-refractivity contribution in [3.63, 3.8) is 0 Å². The molecule has 1 aromatic heterocycles. The first-order valence-corrected chi connectivity index (χ1v) is 7.80. The highest BCUT2D eigenvalue weighted by Gasteiger charge is 2.18. The fourth-order valence-electron chi connectivity index (χ4n) is 2.49. The minimum Gasteiger partial charge on any atom is -0.354 e. The maximum atomic E-state index is 4.62. The molecule has 0 amide bonds. The molecule has 0 unspecified atom stereocenters. The van der Waals surface area contributed by atoms with Crippen LogP contribution < -0.4 is 10.2 Å². The molecule has 118 valence electrons. The number of piperazine rings is 1. The first-order valence-electron chi connectivity index (χ1n) is 7.80. The van der Waals surface area contributed by atoms with E-state index in [4.69, 9.17) is 0 Å². The number of hydrogen-bond donors (Lipinski definition) is 1. The normalized spacial score (nSPS) is 16.5. The average molecular weight is 292 g/mol. The fourth-order valence-corrected chi connectivity index (χ4v) is 2.49. The van der Waals surface area contributed by atoms with Crippen LogP contribution in [-0.4, -0.2) is 79.7 Å². The third-order valence-electron chi connectivity index (χ3n) is 3.74. The highest BCUT2D eigenvalue weighted by atomic mass is 15.3. The molecular weight excluding hydrogens is 264 g/mol. The fraction of sp³-hybridized carbons (Fsp3) is 0.733. The third kappa shape index (κ3) is 4.82. The zero-order valence-corrected chi connectivity index (χ0v) is 13.8. The Morgan fingerprint density at radius 3 is 2.52 bits per heavy atom. The van der Waals surface area contributed by atoms with E-state index >= 15 is 0 Å². The van der Waals surface area contributed by atoms with Crippen molar-refractivity contribution in [2.45, 2.75) is 13.8 Å². The number of rotatable bonds is 6. The van der Waals surface area contributed by atoms with E-state index in [0.717, 1.165) is 63.3 Å². The van der Waals surface area contributed by atoms with Gasteiger partial charge in [0.1, 0.15) is 5.82 Å². The van der Waals surface area contributed by atoms with Gasteiger partial charge in [-0.15, -0.1) is 0 Å². The zero-order chi connectivity index (χ0) is 15.2. The molecule has 0 atom stereocenters. The smallest absolute Gasteiger partial charge is 0.224 e. The van der Waals surface area contributed by atoms with Crippen LogP contribution in [-0.2, 0) is 0 Å². The molecule has 21 heavy (non-hydrogen) atoms. The summed E-state index contributed by atoms with van der Waals surface area (Å²) < 4.78 is 0. The molecule has 1 aliphatic heterocycles. The van der Waals surface area contributed by atoms with Gasteiger partial charge in [-0.05, 0) is 27.9 Å². The lowest BCUT2D eigenvalue weighted by Crippen LogP contribution is -2.48. The average Bonchev–Trinajstić information content (AvgIpc) is 2.45. The molecule has 0 aromatic carbocycles. The van der Waals surface area contributed by atoms with Crippen LogP contribution >= 0.6 is 0 Å². The lowest BCUT2D eigenvalue weighted by molar-refractivity contribution is 0.229. The van der Waals surface area contributed by atoms with Gasteiger partial charge in [-0.3, -0.25) is 4.90 Å². The molecule has 6 nitrogen and oxygen atoms in total. The van der Waals surface area contributed by atoms with E-state index < -0.39 is 0 Å². The van der Waals surface area contributed by atoms with E-state index in [0.29, 0.717) is 0 Å². The molecule has 0 spiro atoms. The van der Waals surface area contributed by atoms with Crippen LogP contribution in [0.1, 0.15) is 12.6 Å². The second-order valence-electron chi connectivity index (χ2n) is 5.85. The van der Waals surface area contributed by atoms with E-state index in [2.05, 4.69) is 57.1 Å². The minimum atomic E-state index is 0.738. The Labute approximate surface area is 128 Å². The van der Waals surface area contributed by atoms with E-state index in [1.54, 1.807) is 0 Å². The highest BCUT2D eigenvalue weighted by molar-refractivity contribution is 5.45. The summed E-state index contributed by atoms with van der Waals surface area (Å²) in [5, 5.41) is 3.20. The molecule has 0 saturated carbocycles. The van der Waals surface area contributed by atoms with E-state index in [1.807, 2.05) is 6.92 Å². The number of aryl methyl sites for hydroxylation is 1. The molecule has 6 heteroatoms. The summed E-state index contributed by atoms with van der Waals surface area (Å²) >= 11 is 0. The van der Waals surface area contributed by atoms with Crippen molar-refractivity contribution in [1.82, 2.24) is 19.8 Å². The van der Waals surface area contributed by atoms with Gasteiger partial charge in [-0.1, -0.05) is 0 Å². The predicted octanol–water partition coefficient (Wildman–Crippen LogP) is 0.900. The van der Waals surface area contributed by atoms with E-state index in [1.165, 1.54) is 0 Å². The van der Waals surface area contributed by atoms with Gasteiger partial charge < -0.3 is 15.1 Å². The number of likely N-dealkylation sites (N-methyl/N-ethyl adjacent to an activating group) is 1. The van der Waals surface area contributed by atoms with Crippen LogP contribution in [0.3, 0.4) is 0 Å². The maximum Gasteiger partial charge on any atom is 0.224 e. The third-order valence-corrected chi connectivity index (χ3v) is 3.74. The highest BCUT2D eigenvalue weighted by Crippen LogP contribution is 2.16. The van der Waals surface area contributed by atoms with Crippen LogP contribution in [0.15, 0.2) is 6.07 Å². The summed E-state index contributed by atoms with van der Waals surface area (Å²) in [7, 11) is 4.25. The van der Waals surface area contributed by atoms with Crippen molar-refractivity contribution < 1.29 is 0 Å². The van der Waals surface area contributed by atoms with Crippen molar-refractivity contribution in [3.05, 3.63) is 11.8 Å².